The number of carbonyl (C=O) groups is 1. The van der Waals surface area contributed by atoms with Gasteiger partial charge in [0.1, 0.15) is 0 Å². The minimum absolute atomic E-state index is 0.194. The molecule has 2 aromatic rings. The Morgan fingerprint density at radius 3 is 2.42 bits per heavy atom. The van der Waals surface area contributed by atoms with Crippen LogP contribution in [0.4, 0.5) is 0 Å². The van der Waals surface area contributed by atoms with E-state index in [4.69, 9.17) is 21.1 Å². The molecule has 0 spiro atoms. The van der Waals surface area contributed by atoms with E-state index in [2.05, 4.69) is 0 Å². The van der Waals surface area contributed by atoms with Crippen LogP contribution >= 0.6 is 11.6 Å². The smallest absolute Gasteiger partial charge is 0.336 e. The Bertz CT molecular complexity index is 809. The molecule has 2 rings (SSSR count). The van der Waals surface area contributed by atoms with Crippen LogP contribution in [0.15, 0.2) is 30.3 Å². The molecule has 0 heterocycles. The fraction of sp³-hybridized carbons (Fsp3) is 0.211. The molecule has 126 valence electrons. The van der Waals surface area contributed by atoms with E-state index in [1.165, 1.54) is 14.2 Å². The van der Waals surface area contributed by atoms with Gasteiger partial charge in [-0.1, -0.05) is 35.4 Å². The second-order valence-electron chi connectivity index (χ2n) is 5.42. The number of aryl methyl sites for hydroxylation is 2. The molecular formula is C19H19ClO4. The molecule has 2 aromatic carbocycles. The van der Waals surface area contributed by atoms with Crippen molar-refractivity contribution in [3.8, 4) is 11.5 Å². The first-order valence-corrected chi connectivity index (χ1v) is 7.69. The molecule has 5 heteroatoms. The van der Waals surface area contributed by atoms with E-state index in [1.54, 1.807) is 18.2 Å². The molecule has 0 saturated heterocycles. The highest BCUT2D eigenvalue weighted by atomic mass is 35.5. The number of hydrogen-bond acceptors (Lipinski definition) is 3. The lowest BCUT2D eigenvalue weighted by Gasteiger charge is -2.12. The lowest BCUT2D eigenvalue weighted by atomic mass is 9.96. The van der Waals surface area contributed by atoms with Crippen LogP contribution in [0.25, 0.3) is 11.6 Å². The summed E-state index contributed by atoms with van der Waals surface area (Å²) in [6.45, 7) is 3.81. The van der Waals surface area contributed by atoms with Gasteiger partial charge in [0.2, 0.25) is 0 Å². The Labute approximate surface area is 146 Å². The van der Waals surface area contributed by atoms with Crippen LogP contribution in [0, 0.1) is 13.8 Å². The molecule has 0 aliphatic rings. The van der Waals surface area contributed by atoms with Gasteiger partial charge in [-0.3, -0.25) is 0 Å². The Morgan fingerprint density at radius 1 is 1.12 bits per heavy atom. The number of carboxylic acid groups (broad SMARTS) is 1. The normalized spacial score (nSPS) is 11.3. The molecule has 0 bridgehead atoms. The minimum Gasteiger partial charge on any atom is -0.493 e. The zero-order chi connectivity index (χ0) is 17.9. The third-order valence-electron chi connectivity index (χ3n) is 3.68. The maximum absolute atomic E-state index is 11.8. The van der Waals surface area contributed by atoms with E-state index in [0.29, 0.717) is 27.6 Å². The molecule has 0 amide bonds. The van der Waals surface area contributed by atoms with E-state index in [-0.39, 0.29) is 5.57 Å². The van der Waals surface area contributed by atoms with Crippen molar-refractivity contribution in [2.24, 2.45) is 0 Å². The van der Waals surface area contributed by atoms with Gasteiger partial charge in [0.25, 0.3) is 0 Å². The maximum Gasteiger partial charge on any atom is 0.336 e. The van der Waals surface area contributed by atoms with Crippen LogP contribution in [0.3, 0.4) is 0 Å². The van der Waals surface area contributed by atoms with Crippen LogP contribution in [-0.4, -0.2) is 25.3 Å². The summed E-state index contributed by atoms with van der Waals surface area (Å²) in [6.07, 6.45) is 1.58. The predicted molar refractivity (Wildman–Crippen MR) is 96.0 cm³/mol. The maximum atomic E-state index is 11.8. The zero-order valence-corrected chi connectivity index (χ0v) is 14.8. The van der Waals surface area contributed by atoms with Crippen molar-refractivity contribution < 1.29 is 19.4 Å². The average Bonchev–Trinajstić information content (AvgIpc) is 2.54. The van der Waals surface area contributed by atoms with E-state index < -0.39 is 5.97 Å². The quantitative estimate of drug-likeness (QED) is 0.635. The van der Waals surface area contributed by atoms with Crippen LogP contribution in [-0.2, 0) is 4.79 Å². The number of rotatable bonds is 5. The lowest BCUT2D eigenvalue weighted by molar-refractivity contribution is -0.130. The molecule has 4 nitrogen and oxygen atoms in total. The molecule has 0 fully saturated rings. The second-order valence-corrected chi connectivity index (χ2v) is 5.83. The van der Waals surface area contributed by atoms with Gasteiger partial charge in [0.05, 0.1) is 24.8 Å². The minimum atomic E-state index is -1.00. The summed E-state index contributed by atoms with van der Waals surface area (Å²) in [5.41, 5.74) is 3.37. The first kappa shape index (κ1) is 17.9. The SMILES string of the molecule is COc1cc(/C=C(\C(=O)O)c2cc(C)ccc2C)cc(Cl)c1OC. The number of aliphatic carboxylic acids is 1. The second kappa shape index (κ2) is 7.41. The van der Waals surface area contributed by atoms with Crippen LogP contribution in [0.2, 0.25) is 5.02 Å². The molecule has 0 saturated carbocycles. The van der Waals surface area contributed by atoms with Gasteiger partial charge in [-0.2, -0.15) is 0 Å². The predicted octanol–water partition coefficient (Wildman–Crippen LogP) is 4.60. The van der Waals surface area contributed by atoms with E-state index >= 15 is 0 Å². The molecule has 1 N–H and O–H groups in total. The van der Waals surface area contributed by atoms with Gasteiger partial charge >= 0.3 is 5.97 Å². The molecule has 0 aliphatic heterocycles. The van der Waals surface area contributed by atoms with Crippen molar-refractivity contribution in [1.29, 1.82) is 0 Å². The molecule has 0 atom stereocenters. The van der Waals surface area contributed by atoms with Crippen molar-refractivity contribution in [2.75, 3.05) is 14.2 Å². The molecule has 0 radical (unpaired) electrons. The standard InChI is InChI=1S/C19H19ClO4/c1-11-5-6-12(2)14(7-11)15(19(21)22)8-13-9-16(20)18(24-4)17(10-13)23-3/h5-10H,1-4H3,(H,21,22)/b15-8-. The molecular weight excluding hydrogens is 328 g/mol. The van der Waals surface area contributed by atoms with Crippen molar-refractivity contribution >= 4 is 29.2 Å². The van der Waals surface area contributed by atoms with Crippen molar-refractivity contribution in [1.82, 2.24) is 0 Å². The summed E-state index contributed by atoms with van der Waals surface area (Å²) in [6, 6.07) is 9.06. The molecule has 0 aromatic heterocycles. The highest BCUT2D eigenvalue weighted by molar-refractivity contribution is 6.32. The fourth-order valence-corrected chi connectivity index (χ4v) is 2.76. The number of halogens is 1. The average molecular weight is 347 g/mol. The fourth-order valence-electron chi connectivity index (χ4n) is 2.47. The Morgan fingerprint density at radius 2 is 1.83 bits per heavy atom. The number of ether oxygens (including phenoxy) is 2. The number of carboxylic acids is 1. The third-order valence-corrected chi connectivity index (χ3v) is 3.96. The van der Waals surface area contributed by atoms with Crippen LogP contribution in [0.1, 0.15) is 22.3 Å². The van der Waals surface area contributed by atoms with Gasteiger partial charge in [0.15, 0.2) is 11.5 Å². The van der Waals surface area contributed by atoms with Gasteiger partial charge in [-0.25, -0.2) is 4.79 Å². The first-order chi connectivity index (χ1) is 11.4. The van der Waals surface area contributed by atoms with Gasteiger partial charge in [0, 0.05) is 0 Å². The van der Waals surface area contributed by atoms with Crippen LogP contribution < -0.4 is 9.47 Å². The Hall–Kier alpha value is -2.46. The van der Waals surface area contributed by atoms with Crippen molar-refractivity contribution in [2.45, 2.75) is 13.8 Å². The summed E-state index contributed by atoms with van der Waals surface area (Å²) in [5, 5.41) is 10.00. The zero-order valence-electron chi connectivity index (χ0n) is 14.0. The summed E-state index contributed by atoms with van der Waals surface area (Å²) in [4.78, 5) is 11.8. The number of methoxy groups -OCH3 is 2. The molecule has 0 unspecified atom stereocenters. The van der Waals surface area contributed by atoms with E-state index in [9.17, 15) is 9.90 Å². The summed E-state index contributed by atoms with van der Waals surface area (Å²) in [7, 11) is 3.00. The van der Waals surface area contributed by atoms with Crippen molar-refractivity contribution in [3.63, 3.8) is 0 Å². The number of hydrogen-bond donors (Lipinski definition) is 1. The molecule has 24 heavy (non-hydrogen) atoms. The topological polar surface area (TPSA) is 55.8 Å². The van der Waals surface area contributed by atoms with E-state index in [1.807, 2.05) is 32.0 Å². The Balaban J connectivity index is 2.63. The van der Waals surface area contributed by atoms with Gasteiger partial charge in [-0.15, -0.1) is 0 Å². The largest absolute Gasteiger partial charge is 0.493 e. The van der Waals surface area contributed by atoms with Gasteiger partial charge in [-0.05, 0) is 48.7 Å². The first-order valence-electron chi connectivity index (χ1n) is 7.31. The summed E-state index contributed by atoms with van der Waals surface area (Å²) >= 11 is 6.20. The molecule has 0 aliphatic carbocycles. The highest BCUT2D eigenvalue weighted by Crippen LogP contribution is 2.37. The Kier molecular flexibility index (Phi) is 5.52. The van der Waals surface area contributed by atoms with Crippen LogP contribution in [0.5, 0.6) is 11.5 Å². The van der Waals surface area contributed by atoms with Crippen molar-refractivity contribution in [3.05, 3.63) is 57.6 Å². The van der Waals surface area contributed by atoms with E-state index in [0.717, 1.165) is 11.1 Å². The summed E-state index contributed by atoms with van der Waals surface area (Å²) < 4.78 is 10.5. The summed E-state index contributed by atoms with van der Waals surface area (Å²) in [5.74, 6) is -0.142. The highest BCUT2D eigenvalue weighted by Gasteiger charge is 2.15. The number of benzene rings is 2. The van der Waals surface area contributed by atoms with Gasteiger partial charge < -0.3 is 14.6 Å². The third kappa shape index (κ3) is 3.71. The monoisotopic (exact) mass is 346 g/mol. The lowest BCUT2D eigenvalue weighted by Crippen LogP contribution is -2.02.